The summed E-state index contributed by atoms with van der Waals surface area (Å²) in [5.74, 6) is 0.235. The molecule has 28 heavy (non-hydrogen) atoms. The van der Waals surface area contributed by atoms with Crippen LogP contribution < -0.4 is 15.1 Å². The summed E-state index contributed by atoms with van der Waals surface area (Å²) >= 11 is 0. The van der Waals surface area contributed by atoms with E-state index in [9.17, 15) is 14.9 Å². The Balaban J connectivity index is 1.64. The number of nitro groups is 1. The Morgan fingerprint density at radius 1 is 1.29 bits per heavy atom. The van der Waals surface area contributed by atoms with E-state index in [4.69, 9.17) is 4.74 Å². The Labute approximate surface area is 163 Å². The summed E-state index contributed by atoms with van der Waals surface area (Å²) in [6, 6.07) is 12.0. The summed E-state index contributed by atoms with van der Waals surface area (Å²) in [5, 5.41) is 15.0. The number of hydrogen-bond acceptors (Lipinski definition) is 6. The molecule has 1 heterocycles. The fraction of sp³-hybridized carbons (Fsp3) is 0.300. The van der Waals surface area contributed by atoms with Crippen molar-refractivity contribution in [1.82, 2.24) is 5.43 Å². The highest BCUT2D eigenvalue weighted by Crippen LogP contribution is 2.27. The van der Waals surface area contributed by atoms with E-state index in [1.807, 2.05) is 18.2 Å². The first-order chi connectivity index (χ1) is 13.6. The van der Waals surface area contributed by atoms with Crippen LogP contribution in [0.4, 0.5) is 11.4 Å². The van der Waals surface area contributed by atoms with Gasteiger partial charge >= 0.3 is 0 Å². The van der Waals surface area contributed by atoms with Crippen LogP contribution >= 0.6 is 0 Å². The third-order valence-electron chi connectivity index (χ3n) is 4.62. The predicted octanol–water partition coefficient (Wildman–Crippen LogP) is 2.90. The second-order valence-electron chi connectivity index (χ2n) is 6.48. The first kappa shape index (κ1) is 19.3. The number of benzene rings is 2. The largest absolute Gasteiger partial charge is 0.496 e. The molecule has 0 bridgehead atoms. The lowest BCUT2D eigenvalue weighted by atomic mass is 10.1. The van der Waals surface area contributed by atoms with Gasteiger partial charge in [0.25, 0.3) is 5.69 Å². The lowest BCUT2D eigenvalue weighted by molar-refractivity contribution is -0.385. The zero-order valence-corrected chi connectivity index (χ0v) is 15.6. The van der Waals surface area contributed by atoms with Crippen molar-refractivity contribution < 1.29 is 14.5 Å². The molecule has 0 aromatic heterocycles. The van der Waals surface area contributed by atoms with Crippen LogP contribution in [0.2, 0.25) is 0 Å². The van der Waals surface area contributed by atoms with E-state index < -0.39 is 10.8 Å². The minimum Gasteiger partial charge on any atom is -0.496 e. The number of carbonyl (C=O) groups excluding carboxylic acids is 1. The number of ether oxygens (including phenoxy) is 1. The van der Waals surface area contributed by atoms with Crippen LogP contribution in [0.5, 0.6) is 5.75 Å². The van der Waals surface area contributed by atoms with Crippen LogP contribution in [0, 0.1) is 10.1 Å². The fourth-order valence-corrected chi connectivity index (χ4v) is 3.20. The smallest absolute Gasteiger partial charge is 0.273 e. The van der Waals surface area contributed by atoms with Crippen LogP contribution in [0.1, 0.15) is 24.0 Å². The zero-order chi connectivity index (χ0) is 19.9. The molecule has 2 aromatic carbocycles. The summed E-state index contributed by atoms with van der Waals surface area (Å²) in [7, 11) is 1.59. The number of nitrogens with zero attached hydrogens (tertiary/aromatic N) is 3. The molecule has 1 saturated heterocycles. The van der Waals surface area contributed by atoms with Gasteiger partial charge in [-0.25, -0.2) is 5.43 Å². The molecule has 0 unspecified atom stereocenters. The van der Waals surface area contributed by atoms with E-state index in [0.29, 0.717) is 11.3 Å². The first-order valence-electron chi connectivity index (χ1n) is 9.05. The van der Waals surface area contributed by atoms with Crippen LogP contribution in [0.15, 0.2) is 47.6 Å². The zero-order valence-electron chi connectivity index (χ0n) is 15.6. The number of hydrazone groups is 1. The van der Waals surface area contributed by atoms with Crippen molar-refractivity contribution in [3.63, 3.8) is 0 Å². The van der Waals surface area contributed by atoms with Crippen molar-refractivity contribution in [2.45, 2.75) is 19.3 Å². The van der Waals surface area contributed by atoms with Gasteiger partial charge in [0.15, 0.2) is 0 Å². The molecule has 1 N–H and O–H groups in total. The summed E-state index contributed by atoms with van der Waals surface area (Å²) in [5.41, 5.74) is 4.50. The van der Waals surface area contributed by atoms with E-state index in [1.165, 1.54) is 25.1 Å². The molecular weight excluding hydrogens is 360 g/mol. The quantitative estimate of drug-likeness (QED) is 0.451. The van der Waals surface area contributed by atoms with Gasteiger partial charge in [-0.15, -0.1) is 0 Å². The van der Waals surface area contributed by atoms with Gasteiger partial charge in [-0.2, -0.15) is 5.10 Å². The maximum Gasteiger partial charge on any atom is 0.273 e. The average molecular weight is 382 g/mol. The van der Waals surface area contributed by atoms with Gasteiger partial charge in [0.05, 0.1) is 24.7 Å². The molecule has 8 nitrogen and oxygen atoms in total. The highest BCUT2D eigenvalue weighted by Gasteiger charge is 2.16. The van der Waals surface area contributed by atoms with Gasteiger partial charge in [-0.05, 0) is 25.0 Å². The van der Waals surface area contributed by atoms with E-state index in [-0.39, 0.29) is 12.1 Å². The molecule has 1 amide bonds. The van der Waals surface area contributed by atoms with E-state index in [2.05, 4.69) is 15.4 Å². The molecule has 0 radical (unpaired) electrons. The van der Waals surface area contributed by atoms with Gasteiger partial charge in [0.2, 0.25) is 5.91 Å². The fourth-order valence-electron chi connectivity index (χ4n) is 3.20. The predicted molar refractivity (Wildman–Crippen MR) is 107 cm³/mol. The number of hydrogen-bond donors (Lipinski definition) is 1. The maximum atomic E-state index is 12.1. The Bertz CT molecular complexity index is 892. The number of anilines is 1. The minimum atomic E-state index is -0.501. The van der Waals surface area contributed by atoms with E-state index >= 15 is 0 Å². The van der Waals surface area contributed by atoms with Gasteiger partial charge < -0.3 is 9.64 Å². The lowest BCUT2D eigenvalue weighted by Crippen LogP contribution is -2.20. The number of nitro benzene ring substituents is 1. The van der Waals surface area contributed by atoms with E-state index in [0.717, 1.165) is 24.3 Å². The summed E-state index contributed by atoms with van der Waals surface area (Å²) in [6.45, 7) is 2.08. The monoisotopic (exact) mass is 382 g/mol. The number of methoxy groups -OCH3 is 1. The Hall–Kier alpha value is -3.42. The minimum absolute atomic E-state index is 0.0826. The van der Waals surface area contributed by atoms with E-state index in [1.54, 1.807) is 25.3 Å². The van der Waals surface area contributed by atoms with Gasteiger partial charge in [-0.1, -0.05) is 18.2 Å². The molecule has 3 rings (SSSR count). The van der Waals surface area contributed by atoms with Crippen LogP contribution in [-0.4, -0.2) is 37.2 Å². The second-order valence-corrected chi connectivity index (χ2v) is 6.48. The molecule has 0 saturated carbocycles. The maximum absolute atomic E-state index is 12.1. The van der Waals surface area contributed by atoms with Gasteiger partial charge in [0, 0.05) is 42.0 Å². The third-order valence-corrected chi connectivity index (χ3v) is 4.62. The SMILES string of the molecule is COc1cc(N2CCCC2)ccc1C=NNC(=O)Cc1ccccc1[N+](=O)[O-]. The van der Waals surface area contributed by atoms with Crippen molar-refractivity contribution in [3.05, 3.63) is 63.7 Å². The summed E-state index contributed by atoms with van der Waals surface area (Å²) < 4.78 is 5.44. The van der Waals surface area contributed by atoms with Crippen molar-refractivity contribution in [2.75, 3.05) is 25.1 Å². The molecule has 0 aliphatic carbocycles. The number of amides is 1. The van der Waals surface area contributed by atoms with Gasteiger partial charge in [-0.3, -0.25) is 14.9 Å². The molecule has 2 aromatic rings. The van der Waals surface area contributed by atoms with Gasteiger partial charge in [0.1, 0.15) is 5.75 Å². The normalized spacial score (nSPS) is 13.7. The molecular formula is C20H22N4O4. The summed E-state index contributed by atoms with van der Waals surface area (Å²) in [4.78, 5) is 24.9. The molecule has 0 atom stereocenters. The van der Waals surface area contributed by atoms with Crippen molar-refractivity contribution in [3.8, 4) is 5.75 Å². The molecule has 8 heteroatoms. The Morgan fingerprint density at radius 3 is 2.75 bits per heavy atom. The standard InChI is InChI=1S/C20H22N4O4/c1-28-19-13-17(23-10-4-5-11-23)9-8-16(19)14-21-22-20(25)12-15-6-2-3-7-18(15)24(26)27/h2-3,6-9,13-14H,4-5,10-12H2,1H3,(H,22,25). The second kappa shape index (κ2) is 8.98. The lowest BCUT2D eigenvalue weighted by Gasteiger charge is -2.18. The Kier molecular flexibility index (Phi) is 6.21. The van der Waals surface area contributed by atoms with Crippen LogP contribution in [-0.2, 0) is 11.2 Å². The number of para-hydroxylation sites is 1. The van der Waals surface area contributed by atoms with Crippen LogP contribution in [0.3, 0.4) is 0 Å². The van der Waals surface area contributed by atoms with Crippen LogP contribution in [0.25, 0.3) is 0 Å². The number of carbonyl (C=O) groups is 1. The molecule has 146 valence electrons. The highest BCUT2D eigenvalue weighted by molar-refractivity contribution is 5.86. The topological polar surface area (TPSA) is 97.1 Å². The molecule has 1 aliphatic heterocycles. The highest BCUT2D eigenvalue weighted by atomic mass is 16.6. The van der Waals surface area contributed by atoms with Crippen molar-refractivity contribution >= 4 is 23.5 Å². The average Bonchev–Trinajstić information content (AvgIpc) is 3.23. The molecule has 1 fully saturated rings. The van der Waals surface area contributed by atoms with Crippen molar-refractivity contribution in [1.29, 1.82) is 0 Å². The number of nitrogens with one attached hydrogen (secondary N) is 1. The summed E-state index contributed by atoms with van der Waals surface area (Å²) in [6.07, 6.45) is 3.76. The third kappa shape index (κ3) is 4.64. The first-order valence-corrected chi connectivity index (χ1v) is 9.05. The number of rotatable bonds is 7. The molecule has 0 spiro atoms. The van der Waals surface area contributed by atoms with Crippen molar-refractivity contribution in [2.24, 2.45) is 5.10 Å². The molecule has 1 aliphatic rings. The Morgan fingerprint density at radius 2 is 2.04 bits per heavy atom.